The molecule has 2 aromatic rings. The van der Waals surface area contributed by atoms with Crippen molar-refractivity contribution < 1.29 is 13.2 Å². The van der Waals surface area contributed by atoms with Gasteiger partial charge in [0, 0.05) is 16.1 Å². The summed E-state index contributed by atoms with van der Waals surface area (Å²) in [6.45, 7) is 2.33. The second-order valence-electron chi connectivity index (χ2n) is 6.03. The first-order valence-corrected chi connectivity index (χ1v) is 10.5. The molecule has 2 aromatic carbocycles. The molecule has 0 bridgehead atoms. The van der Waals surface area contributed by atoms with E-state index in [4.69, 9.17) is 16.3 Å². The molecule has 1 aliphatic rings. The molecular weight excluding hydrogens is 412 g/mol. The Morgan fingerprint density at radius 2 is 2.00 bits per heavy atom. The first kappa shape index (κ1) is 17.9. The van der Waals surface area contributed by atoms with Crippen LogP contribution in [0.5, 0.6) is 0 Å². The van der Waals surface area contributed by atoms with Crippen LogP contribution in [0.2, 0.25) is 5.02 Å². The highest BCUT2D eigenvalue weighted by atomic mass is 79.9. The Morgan fingerprint density at radius 1 is 1.21 bits per heavy atom. The maximum atomic E-state index is 13.0. The summed E-state index contributed by atoms with van der Waals surface area (Å²) in [5.41, 5.74) is 1.88. The molecule has 0 radical (unpaired) electrons. The van der Waals surface area contributed by atoms with Gasteiger partial charge in [0.1, 0.15) is 0 Å². The fourth-order valence-electron chi connectivity index (χ4n) is 3.01. The lowest BCUT2D eigenvalue weighted by atomic mass is 10.0. The van der Waals surface area contributed by atoms with Crippen LogP contribution in [0.25, 0.3) is 0 Å². The van der Waals surface area contributed by atoms with Gasteiger partial charge in [0.15, 0.2) is 9.84 Å². The quantitative estimate of drug-likeness (QED) is 0.681. The molecule has 0 aliphatic carbocycles. The van der Waals surface area contributed by atoms with Crippen molar-refractivity contribution >= 4 is 37.4 Å². The van der Waals surface area contributed by atoms with Crippen LogP contribution in [0, 0.1) is 6.92 Å². The summed E-state index contributed by atoms with van der Waals surface area (Å²) in [7, 11) is -3.37. The lowest BCUT2D eigenvalue weighted by Gasteiger charge is -2.30. The molecule has 0 spiro atoms. The van der Waals surface area contributed by atoms with E-state index in [0.29, 0.717) is 29.4 Å². The van der Waals surface area contributed by atoms with Crippen molar-refractivity contribution in [2.45, 2.75) is 36.0 Å². The van der Waals surface area contributed by atoms with Crippen LogP contribution in [0.1, 0.15) is 30.1 Å². The number of rotatable bonds is 3. The van der Waals surface area contributed by atoms with Gasteiger partial charge in [-0.2, -0.15) is 0 Å². The van der Waals surface area contributed by atoms with E-state index in [2.05, 4.69) is 15.9 Å². The molecule has 1 aliphatic heterocycles. The molecule has 3 nitrogen and oxygen atoms in total. The Kier molecular flexibility index (Phi) is 5.35. The molecule has 1 saturated heterocycles. The van der Waals surface area contributed by atoms with E-state index < -0.39 is 15.1 Å². The molecule has 6 heteroatoms. The van der Waals surface area contributed by atoms with Gasteiger partial charge < -0.3 is 4.74 Å². The van der Waals surface area contributed by atoms with Crippen LogP contribution in [0.15, 0.2) is 51.8 Å². The van der Waals surface area contributed by atoms with Gasteiger partial charge in [-0.15, -0.1) is 0 Å². The Morgan fingerprint density at radius 3 is 2.71 bits per heavy atom. The van der Waals surface area contributed by atoms with Crippen molar-refractivity contribution in [3.05, 3.63) is 63.1 Å². The first-order chi connectivity index (χ1) is 11.4. The van der Waals surface area contributed by atoms with Crippen LogP contribution in [0.3, 0.4) is 0 Å². The normalized spacial score (nSPS) is 21.6. The van der Waals surface area contributed by atoms with Gasteiger partial charge in [0.25, 0.3) is 0 Å². The van der Waals surface area contributed by atoms with E-state index in [9.17, 15) is 8.42 Å². The number of aryl methyl sites for hydroxylation is 1. The molecule has 0 aromatic heterocycles. The van der Waals surface area contributed by atoms with Gasteiger partial charge in [-0.1, -0.05) is 45.7 Å². The van der Waals surface area contributed by atoms with Crippen molar-refractivity contribution in [1.82, 2.24) is 0 Å². The zero-order valence-corrected chi connectivity index (χ0v) is 16.4. The summed E-state index contributed by atoms with van der Waals surface area (Å²) in [6, 6.07) is 12.6. The first-order valence-electron chi connectivity index (χ1n) is 7.75. The Balaban J connectivity index is 1.88. The number of halogens is 2. The fourth-order valence-corrected chi connectivity index (χ4v) is 5.79. The van der Waals surface area contributed by atoms with Gasteiger partial charge in [0.05, 0.1) is 16.2 Å². The summed E-state index contributed by atoms with van der Waals surface area (Å²) >= 11 is 9.48. The lowest BCUT2D eigenvalue weighted by Crippen LogP contribution is -2.31. The van der Waals surface area contributed by atoms with E-state index in [1.165, 1.54) is 0 Å². The monoisotopic (exact) mass is 428 g/mol. The van der Waals surface area contributed by atoms with Gasteiger partial charge >= 0.3 is 0 Å². The van der Waals surface area contributed by atoms with Crippen molar-refractivity contribution in [3.8, 4) is 0 Å². The van der Waals surface area contributed by atoms with Crippen LogP contribution < -0.4 is 0 Å². The average molecular weight is 430 g/mol. The highest BCUT2D eigenvalue weighted by Crippen LogP contribution is 2.37. The zero-order chi connectivity index (χ0) is 17.3. The second-order valence-corrected chi connectivity index (χ2v) is 9.55. The molecule has 2 atom stereocenters. The van der Waals surface area contributed by atoms with Gasteiger partial charge in [-0.3, -0.25) is 0 Å². The minimum absolute atomic E-state index is 0.255. The highest BCUT2D eigenvalue weighted by molar-refractivity contribution is 9.10. The van der Waals surface area contributed by atoms with Gasteiger partial charge in [-0.25, -0.2) is 8.42 Å². The molecule has 2 unspecified atom stereocenters. The third-order valence-corrected chi connectivity index (χ3v) is 7.44. The Hall–Kier alpha value is -0.880. The van der Waals surface area contributed by atoms with Crippen LogP contribution in [0.4, 0.5) is 0 Å². The molecule has 24 heavy (non-hydrogen) atoms. The molecule has 0 saturated carbocycles. The summed E-state index contributed by atoms with van der Waals surface area (Å²) in [4.78, 5) is 0.392. The van der Waals surface area contributed by atoms with E-state index in [1.807, 2.05) is 19.1 Å². The van der Waals surface area contributed by atoms with Crippen molar-refractivity contribution in [3.63, 3.8) is 0 Å². The topological polar surface area (TPSA) is 43.4 Å². The summed E-state index contributed by atoms with van der Waals surface area (Å²) in [6.07, 6.45) is 0.698. The highest BCUT2D eigenvalue weighted by Gasteiger charge is 2.34. The molecule has 3 rings (SSSR count). The average Bonchev–Trinajstić information content (AvgIpc) is 2.55. The van der Waals surface area contributed by atoms with Crippen LogP contribution in [-0.4, -0.2) is 20.3 Å². The number of ether oxygens (including phenoxy) is 1. The Bertz CT molecular complexity index is 851. The predicted octanol–water partition coefficient (Wildman–Crippen LogP) is 5.10. The second kappa shape index (κ2) is 7.16. The summed E-state index contributed by atoms with van der Waals surface area (Å²) in [5, 5.41) is 0.186. The molecular formula is C18H18BrClO3S. The van der Waals surface area contributed by atoms with E-state index in [-0.39, 0.29) is 6.10 Å². The molecule has 0 amide bonds. The van der Waals surface area contributed by atoms with Crippen molar-refractivity contribution in [2.24, 2.45) is 0 Å². The SMILES string of the molecule is Cc1cccc(S(=O)(=O)C2CCOC(c3ccc(Cl)cc3Br)C2)c1. The van der Waals surface area contributed by atoms with Crippen LogP contribution >= 0.6 is 27.5 Å². The number of hydrogen-bond donors (Lipinski definition) is 0. The third kappa shape index (κ3) is 3.69. The largest absolute Gasteiger partial charge is 0.373 e. The maximum Gasteiger partial charge on any atom is 0.181 e. The van der Waals surface area contributed by atoms with Crippen molar-refractivity contribution in [2.75, 3.05) is 6.61 Å². The van der Waals surface area contributed by atoms with Crippen molar-refractivity contribution in [1.29, 1.82) is 0 Å². The van der Waals surface area contributed by atoms with E-state index >= 15 is 0 Å². The van der Waals surface area contributed by atoms with Crippen LogP contribution in [-0.2, 0) is 14.6 Å². The van der Waals surface area contributed by atoms with E-state index in [1.54, 1.807) is 30.3 Å². The minimum atomic E-state index is -3.37. The molecule has 1 heterocycles. The Labute approximate surface area is 156 Å². The standard InChI is InChI=1S/C18H18BrClO3S/c1-12-3-2-4-14(9-12)24(21,22)15-7-8-23-18(11-15)16-6-5-13(20)10-17(16)19/h2-6,9-10,15,18H,7-8,11H2,1H3. The molecule has 128 valence electrons. The predicted molar refractivity (Wildman–Crippen MR) is 99.2 cm³/mol. The minimum Gasteiger partial charge on any atom is -0.373 e. The smallest absolute Gasteiger partial charge is 0.181 e. The lowest BCUT2D eigenvalue weighted by molar-refractivity contribution is 0.0161. The number of sulfone groups is 1. The molecule has 1 fully saturated rings. The number of benzene rings is 2. The van der Waals surface area contributed by atoms with Gasteiger partial charge in [0.2, 0.25) is 0 Å². The summed E-state index contributed by atoms with van der Waals surface area (Å²) < 4.78 is 32.6. The summed E-state index contributed by atoms with van der Waals surface area (Å²) in [5.74, 6) is 0. The third-order valence-electron chi connectivity index (χ3n) is 4.30. The zero-order valence-electron chi connectivity index (χ0n) is 13.2. The van der Waals surface area contributed by atoms with Gasteiger partial charge in [-0.05, 0) is 55.2 Å². The fraction of sp³-hybridized carbons (Fsp3) is 0.333. The van der Waals surface area contributed by atoms with E-state index in [0.717, 1.165) is 15.6 Å². The molecule has 0 N–H and O–H groups in total. The number of hydrogen-bond acceptors (Lipinski definition) is 3. The maximum absolute atomic E-state index is 13.0.